The highest BCUT2D eigenvalue weighted by atomic mass is 16.5. The molecule has 1 fully saturated rings. The Bertz CT molecular complexity index is 1180. The molecule has 4 heterocycles. The van der Waals surface area contributed by atoms with E-state index in [1.54, 1.807) is 6.07 Å². The Hall–Kier alpha value is -3.76. The summed E-state index contributed by atoms with van der Waals surface area (Å²) in [5, 5.41) is 13.5. The molecule has 0 spiro atoms. The molecule has 0 unspecified atom stereocenters. The van der Waals surface area contributed by atoms with Crippen LogP contribution in [0.4, 0.5) is 17.2 Å². The first-order valence-electron chi connectivity index (χ1n) is 9.95. The fourth-order valence-electron chi connectivity index (χ4n) is 3.48. The molecule has 0 saturated carbocycles. The topological polar surface area (TPSA) is 121 Å². The molecule has 1 aliphatic rings. The van der Waals surface area contributed by atoms with Crippen molar-refractivity contribution in [1.82, 2.24) is 25.1 Å². The molecule has 0 atom stereocenters. The lowest BCUT2D eigenvalue weighted by Crippen LogP contribution is -2.35. The molecule has 1 amide bonds. The van der Waals surface area contributed by atoms with Crippen molar-refractivity contribution >= 4 is 34.2 Å². The lowest BCUT2D eigenvalue weighted by Gasteiger charge is -2.26. The number of anilines is 3. The summed E-state index contributed by atoms with van der Waals surface area (Å²) in [7, 11) is 0. The fourth-order valence-corrected chi connectivity index (χ4v) is 3.48. The quantitative estimate of drug-likeness (QED) is 0.436. The maximum Gasteiger partial charge on any atom is 0.275 e. The summed E-state index contributed by atoms with van der Waals surface area (Å²) in [4.78, 5) is 23.4. The summed E-state index contributed by atoms with van der Waals surface area (Å²) >= 11 is 0. The van der Waals surface area contributed by atoms with E-state index in [9.17, 15) is 4.79 Å². The number of ether oxygens (including phenoxy) is 1. The molecule has 5 rings (SSSR count). The van der Waals surface area contributed by atoms with Crippen molar-refractivity contribution in [2.75, 3.05) is 36.9 Å². The van der Waals surface area contributed by atoms with Gasteiger partial charge in [-0.2, -0.15) is 5.10 Å². The molecule has 1 saturated heterocycles. The van der Waals surface area contributed by atoms with Gasteiger partial charge in [0.1, 0.15) is 17.8 Å². The van der Waals surface area contributed by atoms with Crippen molar-refractivity contribution in [3.8, 4) is 0 Å². The smallest absolute Gasteiger partial charge is 0.275 e. The van der Waals surface area contributed by atoms with Gasteiger partial charge in [-0.25, -0.2) is 9.97 Å². The van der Waals surface area contributed by atoms with Crippen LogP contribution in [0, 0.1) is 0 Å². The summed E-state index contributed by atoms with van der Waals surface area (Å²) in [6, 6.07) is 9.60. The average molecular weight is 419 g/mol. The first-order valence-corrected chi connectivity index (χ1v) is 9.95. The monoisotopic (exact) mass is 419 g/mol. The van der Waals surface area contributed by atoms with Crippen molar-refractivity contribution < 1.29 is 13.9 Å². The number of H-pyrrole nitrogens is 1. The van der Waals surface area contributed by atoms with Crippen molar-refractivity contribution in [3.63, 3.8) is 0 Å². The maximum atomic E-state index is 12.8. The van der Waals surface area contributed by atoms with Gasteiger partial charge < -0.3 is 19.8 Å². The van der Waals surface area contributed by atoms with Crippen LogP contribution in [0.5, 0.6) is 0 Å². The van der Waals surface area contributed by atoms with Crippen molar-refractivity contribution in [3.05, 3.63) is 60.4 Å². The highest BCUT2D eigenvalue weighted by molar-refractivity contribution is 6.07. The summed E-state index contributed by atoms with van der Waals surface area (Å²) in [5.74, 6) is 0.222. The fraction of sp³-hybridized carbons (Fsp3) is 0.238. The van der Waals surface area contributed by atoms with Gasteiger partial charge >= 0.3 is 0 Å². The molecule has 31 heavy (non-hydrogen) atoms. The molecule has 10 nitrogen and oxygen atoms in total. The van der Waals surface area contributed by atoms with Crippen LogP contribution in [0.2, 0.25) is 0 Å². The lowest BCUT2D eigenvalue weighted by atomic mass is 10.2. The molecule has 0 aliphatic carbocycles. The minimum Gasteiger partial charge on any atom is -0.446 e. The van der Waals surface area contributed by atoms with Gasteiger partial charge in [-0.05, 0) is 23.8 Å². The number of hydrogen-bond donors (Lipinski definition) is 3. The van der Waals surface area contributed by atoms with E-state index in [0.29, 0.717) is 34.0 Å². The van der Waals surface area contributed by atoms with Crippen molar-refractivity contribution in [1.29, 1.82) is 0 Å². The normalized spacial score (nSPS) is 14.6. The van der Waals surface area contributed by atoms with Crippen LogP contribution in [-0.2, 0) is 11.3 Å². The first kappa shape index (κ1) is 19.2. The van der Waals surface area contributed by atoms with Crippen LogP contribution < -0.4 is 10.6 Å². The molecule has 4 aromatic rings. The highest BCUT2D eigenvalue weighted by Gasteiger charge is 2.17. The predicted molar refractivity (Wildman–Crippen MR) is 114 cm³/mol. The van der Waals surface area contributed by atoms with Gasteiger partial charge in [0.15, 0.2) is 0 Å². The van der Waals surface area contributed by atoms with Crippen molar-refractivity contribution in [2.45, 2.75) is 6.54 Å². The molecular weight excluding hydrogens is 398 g/mol. The SMILES string of the molecule is O=C(Nc1ccc(CN2CCOCC2)cc1)c1[nH]ncc1Nc1ncnc2occc12. The van der Waals surface area contributed by atoms with E-state index in [-0.39, 0.29) is 5.91 Å². The number of benzene rings is 1. The molecule has 3 N–H and O–H groups in total. The van der Waals surface area contributed by atoms with Crippen LogP contribution in [0.25, 0.3) is 11.1 Å². The Balaban J connectivity index is 1.26. The summed E-state index contributed by atoms with van der Waals surface area (Å²) in [6.45, 7) is 4.29. The molecule has 158 valence electrons. The second-order valence-corrected chi connectivity index (χ2v) is 7.18. The first-order chi connectivity index (χ1) is 15.3. The second-order valence-electron chi connectivity index (χ2n) is 7.18. The average Bonchev–Trinajstić information content (AvgIpc) is 3.46. The van der Waals surface area contributed by atoms with Gasteiger partial charge in [-0.1, -0.05) is 12.1 Å². The van der Waals surface area contributed by atoms with Gasteiger partial charge in [0, 0.05) is 25.3 Å². The predicted octanol–water partition coefficient (Wildman–Crippen LogP) is 2.77. The second kappa shape index (κ2) is 8.54. The lowest BCUT2D eigenvalue weighted by molar-refractivity contribution is 0.0342. The van der Waals surface area contributed by atoms with E-state index in [1.165, 1.54) is 24.4 Å². The van der Waals surface area contributed by atoms with E-state index in [4.69, 9.17) is 9.15 Å². The van der Waals surface area contributed by atoms with Crippen LogP contribution in [0.15, 0.2) is 53.5 Å². The van der Waals surface area contributed by atoms with E-state index in [2.05, 4.69) is 35.7 Å². The van der Waals surface area contributed by atoms with Crippen LogP contribution in [-0.4, -0.2) is 57.3 Å². The molecule has 10 heteroatoms. The van der Waals surface area contributed by atoms with E-state index in [0.717, 1.165) is 32.8 Å². The van der Waals surface area contributed by atoms with Gasteiger partial charge in [0.05, 0.1) is 36.7 Å². The third kappa shape index (κ3) is 4.25. The summed E-state index contributed by atoms with van der Waals surface area (Å²) in [5.41, 5.74) is 3.16. The Kier molecular flexibility index (Phi) is 5.29. The number of carbonyl (C=O) groups is 1. The van der Waals surface area contributed by atoms with Crippen molar-refractivity contribution in [2.24, 2.45) is 0 Å². The number of furan rings is 1. The minimum atomic E-state index is -0.307. The number of hydrogen-bond acceptors (Lipinski definition) is 8. The van der Waals surface area contributed by atoms with E-state index < -0.39 is 0 Å². The highest BCUT2D eigenvalue weighted by Crippen LogP contribution is 2.25. The number of morpholine rings is 1. The third-order valence-corrected chi connectivity index (χ3v) is 5.10. The van der Waals surface area contributed by atoms with Crippen LogP contribution in [0.3, 0.4) is 0 Å². The minimum absolute atomic E-state index is 0.299. The number of aromatic amines is 1. The van der Waals surface area contributed by atoms with Gasteiger partial charge in [0.25, 0.3) is 5.91 Å². The molecule has 0 radical (unpaired) electrons. The van der Waals surface area contributed by atoms with E-state index >= 15 is 0 Å². The zero-order valence-corrected chi connectivity index (χ0v) is 16.7. The van der Waals surface area contributed by atoms with Gasteiger partial charge in [-0.3, -0.25) is 14.8 Å². The number of carbonyl (C=O) groups excluding carboxylic acids is 1. The largest absolute Gasteiger partial charge is 0.446 e. The standard InChI is InChI=1S/C21H21N7O3/c29-20(25-15-3-1-14(2-4-15)12-28-6-9-30-10-7-28)18-17(11-24-27-18)26-19-16-5-8-31-21(16)23-13-22-19/h1-5,8,11,13H,6-7,9-10,12H2,(H,24,27)(H,25,29)(H,22,23,26). The maximum absolute atomic E-state index is 12.8. The third-order valence-electron chi connectivity index (χ3n) is 5.10. The number of nitrogens with zero attached hydrogens (tertiary/aromatic N) is 4. The zero-order valence-electron chi connectivity index (χ0n) is 16.7. The Morgan fingerprint density at radius 3 is 2.81 bits per heavy atom. The number of amides is 1. The molecule has 1 aliphatic heterocycles. The molecule has 0 bridgehead atoms. The molecule has 3 aromatic heterocycles. The number of nitrogens with one attached hydrogen (secondary N) is 3. The Morgan fingerprint density at radius 2 is 1.97 bits per heavy atom. The number of fused-ring (bicyclic) bond motifs is 1. The van der Waals surface area contributed by atoms with Gasteiger partial charge in [-0.15, -0.1) is 0 Å². The molecule has 1 aromatic carbocycles. The van der Waals surface area contributed by atoms with Gasteiger partial charge in [0.2, 0.25) is 5.71 Å². The van der Waals surface area contributed by atoms with E-state index in [1.807, 2.05) is 24.3 Å². The number of rotatable bonds is 6. The zero-order chi connectivity index (χ0) is 21.0. The van der Waals surface area contributed by atoms with Crippen LogP contribution >= 0.6 is 0 Å². The summed E-state index contributed by atoms with van der Waals surface area (Å²) < 4.78 is 10.7. The number of aromatic nitrogens is 4. The summed E-state index contributed by atoms with van der Waals surface area (Å²) in [6.07, 6.45) is 4.47. The molecular formula is C21H21N7O3. The Labute approximate surface area is 177 Å². The Morgan fingerprint density at radius 1 is 1.13 bits per heavy atom. The van der Waals surface area contributed by atoms with Crippen LogP contribution in [0.1, 0.15) is 16.1 Å².